The number of morpholine rings is 1. The van der Waals surface area contributed by atoms with Gasteiger partial charge < -0.3 is 19.9 Å². The number of aromatic nitrogens is 4. The largest absolute Gasteiger partial charge is 0.416 e. The molecule has 204 valence electrons. The highest BCUT2D eigenvalue weighted by Crippen LogP contribution is 2.38. The van der Waals surface area contributed by atoms with Gasteiger partial charge in [-0.15, -0.1) is 0 Å². The van der Waals surface area contributed by atoms with Crippen molar-refractivity contribution in [3.8, 4) is 11.3 Å². The first-order chi connectivity index (χ1) is 18.5. The van der Waals surface area contributed by atoms with Gasteiger partial charge in [0.2, 0.25) is 0 Å². The zero-order valence-electron chi connectivity index (χ0n) is 21.2. The van der Waals surface area contributed by atoms with E-state index in [2.05, 4.69) is 10.1 Å². The SMILES string of the molecule is Cc1cc2c(-c3ccc(C(F)(F)F)cc3F)nc(N3CC(c4cnn(C5CC5)c4)O[C@@H](N)C3)cc2c(=O)n1C. The van der Waals surface area contributed by atoms with Crippen LogP contribution in [0.1, 0.15) is 41.8 Å². The van der Waals surface area contributed by atoms with Gasteiger partial charge >= 0.3 is 6.18 Å². The summed E-state index contributed by atoms with van der Waals surface area (Å²) in [5.41, 5.74) is 6.18. The smallest absolute Gasteiger partial charge is 0.352 e. The third-order valence-corrected chi connectivity index (χ3v) is 7.38. The van der Waals surface area contributed by atoms with E-state index in [0.29, 0.717) is 35.6 Å². The van der Waals surface area contributed by atoms with Crippen molar-refractivity contribution in [2.45, 2.75) is 44.3 Å². The number of pyridine rings is 2. The molecule has 2 fully saturated rings. The number of alkyl halides is 3. The van der Waals surface area contributed by atoms with Gasteiger partial charge in [-0.25, -0.2) is 9.37 Å². The van der Waals surface area contributed by atoms with Gasteiger partial charge in [0.1, 0.15) is 24.0 Å². The molecule has 3 aromatic heterocycles. The van der Waals surface area contributed by atoms with Crippen LogP contribution < -0.4 is 16.2 Å². The summed E-state index contributed by atoms with van der Waals surface area (Å²) in [6.45, 7) is 2.30. The monoisotopic (exact) mass is 542 g/mol. The molecule has 4 heterocycles. The Balaban J connectivity index is 1.47. The van der Waals surface area contributed by atoms with Crippen LogP contribution in [0.3, 0.4) is 0 Å². The van der Waals surface area contributed by atoms with Gasteiger partial charge in [-0.05, 0) is 50.1 Å². The van der Waals surface area contributed by atoms with E-state index in [1.165, 1.54) is 4.57 Å². The molecule has 1 unspecified atom stereocenters. The maximum atomic E-state index is 15.2. The van der Waals surface area contributed by atoms with Crippen molar-refractivity contribution in [2.24, 2.45) is 12.8 Å². The Morgan fingerprint density at radius 1 is 1.10 bits per heavy atom. The van der Waals surface area contributed by atoms with Gasteiger partial charge in [0, 0.05) is 35.5 Å². The summed E-state index contributed by atoms with van der Waals surface area (Å²) in [5.74, 6) is -0.741. The number of ether oxygens (including phenoxy) is 1. The predicted octanol–water partition coefficient (Wildman–Crippen LogP) is 4.46. The minimum Gasteiger partial charge on any atom is -0.352 e. The van der Waals surface area contributed by atoms with Crippen molar-refractivity contribution in [1.29, 1.82) is 0 Å². The lowest BCUT2D eigenvalue weighted by molar-refractivity contribution is -0.137. The first-order valence-electron chi connectivity index (χ1n) is 12.6. The number of aryl methyl sites for hydroxylation is 1. The Kier molecular flexibility index (Phi) is 5.99. The van der Waals surface area contributed by atoms with Gasteiger partial charge in [0.15, 0.2) is 0 Å². The summed E-state index contributed by atoms with van der Waals surface area (Å²) in [7, 11) is 1.62. The van der Waals surface area contributed by atoms with E-state index in [0.717, 1.165) is 30.5 Å². The molecular weight excluding hydrogens is 516 g/mol. The maximum absolute atomic E-state index is 15.2. The van der Waals surface area contributed by atoms with Crippen molar-refractivity contribution in [1.82, 2.24) is 19.3 Å². The lowest BCUT2D eigenvalue weighted by atomic mass is 10.0. The third kappa shape index (κ3) is 4.67. The number of nitrogens with two attached hydrogens (primary N) is 1. The van der Waals surface area contributed by atoms with E-state index in [-0.39, 0.29) is 28.7 Å². The second-order valence-corrected chi connectivity index (χ2v) is 10.2. The molecule has 0 spiro atoms. The molecule has 4 aromatic rings. The van der Waals surface area contributed by atoms with Crippen LogP contribution in [0.4, 0.5) is 23.4 Å². The van der Waals surface area contributed by atoms with Crippen LogP contribution in [0, 0.1) is 12.7 Å². The van der Waals surface area contributed by atoms with E-state index in [1.807, 2.05) is 15.8 Å². The van der Waals surface area contributed by atoms with Gasteiger partial charge in [0.25, 0.3) is 5.56 Å². The Bertz CT molecular complexity index is 1640. The zero-order valence-corrected chi connectivity index (χ0v) is 21.2. The highest BCUT2D eigenvalue weighted by Gasteiger charge is 2.33. The molecule has 39 heavy (non-hydrogen) atoms. The van der Waals surface area contributed by atoms with Crippen LogP contribution in [0.25, 0.3) is 22.0 Å². The molecule has 8 nitrogen and oxygen atoms in total. The Labute approximate surface area is 220 Å². The van der Waals surface area contributed by atoms with Gasteiger partial charge in [-0.1, -0.05) is 0 Å². The first-order valence-corrected chi connectivity index (χ1v) is 12.6. The third-order valence-electron chi connectivity index (χ3n) is 7.38. The van der Waals surface area contributed by atoms with Crippen LogP contribution in [-0.4, -0.2) is 38.6 Å². The Morgan fingerprint density at radius 2 is 1.87 bits per heavy atom. The quantitative estimate of drug-likeness (QED) is 0.383. The number of rotatable bonds is 4. The summed E-state index contributed by atoms with van der Waals surface area (Å²) in [6, 6.07) is 6.00. The number of anilines is 1. The topological polar surface area (TPSA) is 91.2 Å². The number of hydrogen-bond donors (Lipinski definition) is 1. The molecule has 2 N–H and O–H groups in total. The molecule has 0 radical (unpaired) electrons. The van der Waals surface area contributed by atoms with Crippen LogP contribution in [-0.2, 0) is 18.0 Å². The van der Waals surface area contributed by atoms with E-state index in [4.69, 9.17) is 10.5 Å². The molecule has 1 saturated carbocycles. The fourth-order valence-corrected chi connectivity index (χ4v) is 4.98. The average Bonchev–Trinajstić information content (AvgIpc) is 3.62. The van der Waals surface area contributed by atoms with E-state index >= 15 is 4.39 Å². The van der Waals surface area contributed by atoms with Crippen molar-refractivity contribution in [3.05, 3.63) is 75.7 Å². The molecule has 2 aliphatic rings. The molecule has 0 amide bonds. The number of hydrogen-bond acceptors (Lipinski definition) is 6. The van der Waals surface area contributed by atoms with Crippen LogP contribution in [0.15, 0.2) is 47.5 Å². The normalized spacial score (nSPS) is 20.1. The van der Waals surface area contributed by atoms with Gasteiger partial charge in [0.05, 0.1) is 42.0 Å². The fourth-order valence-electron chi connectivity index (χ4n) is 4.98. The fraction of sp³-hybridized carbons (Fsp3) is 0.370. The highest BCUT2D eigenvalue weighted by molar-refractivity contribution is 5.96. The lowest BCUT2D eigenvalue weighted by Crippen LogP contribution is -2.48. The highest BCUT2D eigenvalue weighted by atomic mass is 19.4. The predicted molar refractivity (Wildman–Crippen MR) is 137 cm³/mol. The molecule has 12 heteroatoms. The summed E-state index contributed by atoms with van der Waals surface area (Å²) in [4.78, 5) is 19.8. The number of halogens is 4. The van der Waals surface area contributed by atoms with Crippen LogP contribution in [0.5, 0.6) is 0 Å². The summed E-state index contributed by atoms with van der Waals surface area (Å²) in [6.07, 6.45) is 0.0370. The molecular formula is C27H26F4N6O2. The van der Waals surface area contributed by atoms with Crippen molar-refractivity contribution in [2.75, 3.05) is 18.0 Å². The number of nitrogens with zero attached hydrogens (tertiary/aromatic N) is 5. The number of benzene rings is 1. The van der Waals surface area contributed by atoms with Crippen LogP contribution in [0.2, 0.25) is 0 Å². The Hall–Kier alpha value is -3.77. The first kappa shape index (κ1) is 25.5. The maximum Gasteiger partial charge on any atom is 0.416 e. The van der Waals surface area contributed by atoms with Crippen molar-refractivity contribution >= 4 is 16.6 Å². The van der Waals surface area contributed by atoms with Gasteiger partial charge in [-0.3, -0.25) is 9.48 Å². The molecule has 1 aromatic carbocycles. The second-order valence-electron chi connectivity index (χ2n) is 10.2. The molecule has 1 saturated heterocycles. The summed E-state index contributed by atoms with van der Waals surface area (Å²) in [5, 5.41) is 5.04. The standard InChI is InChI=1S/C27H26F4N6O2/c1-14-7-19-20(26(38)35(14)2)9-24(34-25(19)18-6-3-16(8-21(18)28)27(29,30)31)36-12-22(39-23(32)13-36)15-10-33-37(11-15)17-4-5-17/h3,6-11,17,22-23H,4-5,12-13,32H2,1-2H3/t22?,23-/m1/s1. The molecule has 6 rings (SSSR count). The van der Waals surface area contributed by atoms with E-state index < -0.39 is 29.9 Å². The minimum atomic E-state index is -4.70. The molecule has 2 atom stereocenters. The molecule has 1 aliphatic carbocycles. The minimum absolute atomic E-state index is 0.0766. The van der Waals surface area contributed by atoms with E-state index in [1.54, 1.807) is 32.3 Å². The zero-order chi connectivity index (χ0) is 27.6. The summed E-state index contributed by atoms with van der Waals surface area (Å²) < 4.78 is 64.2. The molecule has 1 aliphatic heterocycles. The second kappa shape index (κ2) is 9.16. The van der Waals surface area contributed by atoms with Gasteiger partial charge in [-0.2, -0.15) is 18.3 Å². The van der Waals surface area contributed by atoms with Crippen molar-refractivity contribution in [3.63, 3.8) is 0 Å². The Morgan fingerprint density at radius 3 is 2.56 bits per heavy atom. The van der Waals surface area contributed by atoms with E-state index in [9.17, 15) is 18.0 Å². The van der Waals surface area contributed by atoms with Crippen molar-refractivity contribution < 1.29 is 22.3 Å². The molecule has 0 bridgehead atoms. The lowest BCUT2D eigenvalue weighted by Gasteiger charge is -2.37. The van der Waals surface area contributed by atoms with Crippen LogP contribution >= 0.6 is 0 Å². The summed E-state index contributed by atoms with van der Waals surface area (Å²) >= 11 is 0. The average molecular weight is 543 g/mol. The number of fused-ring (bicyclic) bond motifs is 1.